The molecule has 1 aliphatic rings. The van der Waals surface area contributed by atoms with Crippen LogP contribution in [0.15, 0.2) is 29.2 Å². The quantitative estimate of drug-likeness (QED) is 0.672. The molecule has 0 atom stereocenters. The van der Waals surface area contributed by atoms with Crippen LogP contribution in [0.4, 0.5) is 5.69 Å². The van der Waals surface area contributed by atoms with E-state index in [4.69, 9.17) is 5.11 Å². The number of benzene rings is 1. The Morgan fingerprint density at radius 1 is 1.33 bits per heavy atom. The summed E-state index contributed by atoms with van der Waals surface area (Å²) in [6.45, 7) is 0.451. The van der Waals surface area contributed by atoms with Gasteiger partial charge in [-0.25, -0.2) is 4.79 Å². The number of rotatable bonds is 0. The van der Waals surface area contributed by atoms with Gasteiger partial charge >= 0.3 is 11.9 Å². The molecule has 0 aromatic heterocycles. The molecule has 2 rings (SSSR count). The highest BCUT2D eigenvalue weighted by Gasteiger charge is 2.26. The summed E-state index contributed by atoms with van der Waals surface area (Å²) in [4.78, 5) is 24.3. The number of fused-ring (bicyclic) bond motifs is 1. The molecule has 0 saturated carbocycles. The minimum Gasteiger partial charge on any atom is -0.474 e. The van der Waals surface area contributed by atoms with Gasteiger partial charge in [-0.1, -0.05) is 12.1 Å². The lowest BCUT2D eigenvalue weighted by molar-refractivity contribution is -0.148. The predicted octanol–water partition coefficient (Wildman–Crippen LogP) is 1.21. The summed E-state index contributed by atoms with van der Waals surface area (Å²) in [7, 11) is 0. The zero-order chi connectivity index (χ0) is 10.8. The van der Waals surface area contributed by atoms with Crippen LogP contribution in [0.2, 0.25) is 0 Å². The van der Waals surface area contributed by atoms with Gasteiger partial charge in [-0.05, 0) is 12.1 Å². The minimum atomic E-state index is -1.41. The number of thioether (sulfide) groups is 1. The Hall–Kier alpha value is -1.49. The fourth-order valence-corrected chi connectivity index (χ4v) is 2.49. The van der Waals surface area contributed by atoms with Gasteiger partial charge < -0.3 is 10.0 Å². The van der Waals surface area contributed by atoms with Gasteiger partial charge in [0.1, 0.15) is 0 Å². The molecule has 1 amide bonds. The van der Waals surface area contributed by atoms with E-state index in [0.717, 1.165) is 10.6 Å². The van der Waals surface area contributed by atoms with Crippen molar-refractivity contribution in [2.45, 2.75) is 4.90 Å². The van der Waals surface area contributed by atoms with Crippen molar-refractivity contribution in [2.24, 2.45) is 0 Å². The van der Waals surface area contributed by atoms with E-state index < -0.39 is 11.9 Å². The molecule has 1 heterocycles. The summed E-state index contributed by atoms with van der Waals surface area (Å²) < 4.78 is 0. The normalized spacial score (nSPS) is 14.5. The van der Waals surface area contributed by atoms with E-state index in [1.165, 1.54) is 4.90 Å². The van der Waals surface area contributed by atoms with E-state index in [1.54, 1.807) is 23.9 Å². The molecule has 1 aromatic rings. The molecule has 0 unspecified atom stereocenters. The van der Waals surface area contributed by atoms with Crippen LogP contribution in [0.5, 0.6) is 0 Å². The van der Waals surface area contributed by atoms with E-state index in [2.05, 4.69) is 0 Å². The van der Waals surface area contributed by atoms with Crippen LogP contribution in [0.25, 0.3) is 0 Å². The lowest BCUT2D eigenvalue weighted by atomic mass is 10.2. The molecule has 0 fully saturated rings. The number of carbonyl (C=O) groups excluding carboxylic acids is 1. The zero-order valence-electron chi connectivity index (χ0n) is 7.84. The Bertz CT molecular complexity index is 419. The first-order valence-corrected chi connectivity index (χ1v) is 5.45. The fraction of sp³-hybridized carbons (Fsp3) is 0.200. The first-order chi connectivity index (χ1) is 7.20. The Balaban J connectivity index is 2.38. The average molecular weight is 223 g/mol. The zero-order valence-corrected chi connectivity index (χ0v) is 8.66. The molecule has 1 aromatic carbocycles. The smallest absolute Gasteiger partial charge is 0.394 e. The van der Waals surface area contributed by atoms with Gasteiger partial charge in [-0.3, -0.25) is 4.79 Å². The molecule has 0 radical (unpaired) electrons. The van der Waals surface area contributed by atoms with E-state index in [-0.39, 0.29) is 0 Å². The third-order valence-corrected chi connectivity index (χ3v) is 3.20. The summed E-state index contributed by atoms with van der Waals surface area (Å²) in [5, 5.41) is 8.66. The number of para-hydroxylation sites is 1. The van der Waals surface area contributed by atoms with Gasteiger partial charge in [0.15, 0.2) is 0 Å². The molecule has 5 heteroatoms. The second-order valence-corrected chi connectivity index (χ2v) is 4.21. The number of carboxylic acid groups (broad SMARTS) is 1. The largest absolute Gasteiger partial charge is 0.474 e. The Labute approximate surface area is 90.9 Å². The lowest BCUT2D eigenvalue weighted by Crippen LogP contribution is -2.39. The molecule has 0 aliphatic carbocycles. The van der Waals surface area contributed by atoms with Crippen molar-refractivity contribution in [3.05, 3.63) is 24.3 Å². The maximum Gasteiger partial charge on any atom is 0.394 e. The van der Waals surface area contributed by atoms with E-state index in [0.29, 0.717) is 12.2 Å². The van der Waals surface area contributed by atoms with Crippen molar-refractivity contribution in [3.8, 4) is 0 Å². The fourth-order valence-electron chi connectivity index (χ4n) is 1.50. The number of carboxylic acids is 1. The molecule has 1 aliphatic heterocycles. The number of aliphatic carboxylic acids is 1. The minimum absolute atomic E-state index is 0.451. The van der Waals surface area contributed by atoms with Crippen LogP contribution in [-0.2, 0) is 9.59 Å². The van der Waals surface area contributed by atoms with Gasteiger partial charge in [0.2, 0.25) is 0 Å². The highest BCUT2D eigenvalue weighted by atomic mass is 32.2. The summed E-state index contributed by atoms with van der Waals surface area (Å²) in [6.07, 6.45) is 0. The third kappa shape index (κ3) is 1.83. The molecule has 4 nitrogen and oxygen atoms in total. The predicted molar refractivity (Wildman–Crippen MR) is 57.2 cm³/mol. The van der Waals surface area contributed by atoms with Crippen molar-refractivity contribution in [3.63, 3.8) is 0 Å². The van der Waals surface area contributed by atoms with Crippen LogP contribution >= 0.6 is 11.8 Å². The van der Waals surface area contributed by atoms with Gasteiger partial charge in [0.25, 0.3) is 0 Å². The first-order valence-electron chi connectivity index (χ1n) is 4.47. The molecule has 78 valence electrons. The summed E-state index contributed by atoms with van der Waals surface area (Å²) in [5.74, 6) is -1.53. The summed E-state index contributed by atoms with van der Waals surface area (Å²) in [6, 6.07) is 7.33. The molecule has 15 heavy (non-hydrogen) atoms. The number of amides is 1. The second-order valence-electron chi connectivity index (χ2n) is 3.08. The SMILES string of the molecule is O=C(O)C(=O)N1CCSc2ccccc21. The Morgan fingerprint density at radius 2 is 2.07 bits per heavy atom. The van der Waals surface area contributed by atoms with Crippen molar-refractivity contribution in [2.75, 3.05) is 17.2 Å². The van der Waals surface area contributed by atoms with E-state index >= 15 is 0 Å². The van der Waals surface area contributed by atoms with Crippen LogP contribution in [0, 0.1) is 0 Å². The van der Waals surface area contributed by atoms with Crippen LogP contribution < -0.4 is 4.90 Å². The average Bonchev–Trinajstić information content (AvgIpc) is 2.27. The Kier molecular flexibility index (Phi) is 2.64. The maximum absolute atomic E-state index is 11.4. The lowest BCUT2D eigenvalue weighted by Gasteiger charge is -2.27. The molecule has 0 bridgehead atoms. The van der Waals surface area contributed by atoms with Crippen LogP contribution in [-0.4, -0.2) is 29.3 Å². The number of hydrogen-bond donors (Lipinski definition) is 1. The van der Waals surface area contributed by atoms with Gasteiger partial charge in [-0.15, -0.1) is 11.8 Å². The molecular formula is C10H9NO3S. The van der Waals surface area contributed by atoms with Crippen LogP contribution in [0.1, 0.15) is 0 Å². The topological polar surface area (TPSA) is 57.6 Å². The number of nitrogens with zero attached hydrogens (tertiary/aromatic N) is 1. The second kappa shape index (κ2) is 3.94. The highest BCUT2D eigenvalue weighted by molar-refractivity contribution is 7.99. The van der Waals surface area contributed by atoms with Crippen molar-refractivity contribution >= 4 is 29.3 Å². The third-order valence-electron chi connectivity index (χ3n) is 2.16. The van der Waals surface area contributed by atoms with Crippen LogP contribution in [0.3, 0.4) is 0 Å². The molecule has 0 saturated heterocycles. The number of anilines is 1. The van der Waals surface area contributed by atoms with Gasteiger partial charge in [0.05, 0.1) is 5.69 Å². The van der Waals surface area contributed by atoms with Crippen molar-refractivity contribution in [1.82, 2.24) is 0 Å². The van der Waals surface area contributed by atoms with E-state index in [9.17, 15) is 9.59 Å². The van der Waals surface area contributed by atoms with E-state index in [1.807, 2.05) is 12.1 Å². The summed E-state index contributed by atoms with van der Waals surface area (Å²) >= 11 is 1.63. The molecule has 1 N–H and O–H groups in total. The molecule has 0 spiro atoms. The first kappa shape index (κ1) is 10.0. The van der Waals surface area contributed by atoms with Crippen molar-refractivity contribution < 1.29 is 14.7 Å². The maximum atomic E-state index is 11.4. The Morgan fingerprint density at radius 3 is 2.80 bits per heavy atom. The molecular weight excluding hydrogens is 214 g/mol. The number of carbonyl (C=O) groups is 2. The summed E-state index contributed by atoms with van der Waals surface area (Å²) in [5.41, 5.74) is 0.696. The monoisotopic (exact) mass is 223 g/mol. The van der Waals surface area contributed by atoms with Crippen molar-refractivity contribution in [1.29, 1.82) is 0 Å². The highest BCUT2D eigenvalue weighted by Crippen LogP contribution is 2.34. The number of hydrogen-bond acceptors (Lipinski definition) is 3. The standard InChI is InChI=1S/C10H9NO3S/c12-9(10(13)14)11-5-6-15-8-4-2-1-3-7(8)11/h1-4H,5-6H2,(H,13,14). The van der Waals surface area contributed by atoms with Gasteiger partial charge in [0, 0.05) is 17.2 Å². The van der Waals surface area contributed by atoms with Gasteiger partial charge in [-0.2, -0.15) is 0 Å².